The van der Waals surface area contributed by atoms with Crippen LogP contribution in [0.2, 0.25) is 0 Å². The van der Waals surface area contributed by atoms with E-state index in [2.05, 4.69) is 11.8 Å². The number of carbonyl (C=O) groups is 1. The third kappa shape index (κ3) is 4.39. The molecule has 1 heterocycles. The van der Waals surface area contributed by atoms with Crippen LogP contribution in [0.25, 0.3) is 6.08 Å². The molecule has 1 aliphatic rings. The molecule has 0 N–H and O–H groups in total. The summed E-state index contributed by atoms with van der Waals surface area (Å²) in [7, 11) is 0. The molecule has 0 radical (unpaired) electrons. The van der Waals surface area contributed by atoms with Crippen molar-refractivity contribution in [3.63, 3.8) is 0 Å². The molecule has 2 rings (SSSR count). The number of hydrogen-bond donors (Lipinski definition) is 0. The van der Waals surface area contributed by atoms with E-state index in [1.54, 1.807) is 18.2 Å². The van der Waals surface area contributed by atoms with Gasteiger partial charge < -0.3 is 4.90 Å². The molecular weight excluding hydrogens is 282 g/mol. The third-order valence-corrected chi connectivity index (χ3v) is 3.75. The molecule has 0 aromatic heterocycles. The van der Waals surface area contributed by atoms with E-state index in [0.717, 1.165) is 44.7 Å². The molecule has 1 fully saturated rings. The number of benzene rings is 1. The second kappa shape index (κ2) is 7.70. The van der Waals surface area contributed by atoms with Gasteiger partial charge in [-0.3, -0.25) is 19.8 Å². The summed E-state index contributed by atoms with van der Waals surface area (Å²) < 4.78 is 0. The maximum Gasteiger partial charge on any atom is 0.269 e. The van der Waals surface area contributed by atoms with Crippen LogP contribution in [0.3, 0.4) is 0 Å². The maximum atomic E-state index is 12.1. The lowest BCUT2D eigenvalue weighted by Gasteiger charge is -2.34. The topological polar surface area (TPSA) is 66.7 Å². The zero-order valence-electron chi connectivity index (χ0n) is 12.8. The predicted molar refractivity (Wildman–Crippen MR) is 85.4 cm³/mol. The van der Waals surface area contributed by atoms with Crippen molar-refractivity contribution in [3.05, 3.63) is 46.0 Å². The lowest BCUT2D eigenvalue weighted by Crippen LogP contribution is -2.48. The number of nitro benzene ring substituents is 1. The van der Waals surface area contributed by atoms with Gasteiger partial charge in [-0.2, -0.15) is 0 Å². The minimum atomic E-state index is -0.436. The number of non-ortho nitro benzene ring substituents is 1. The van der Waals surface area contributed by atoms with Crippen molar-refractivity contribution in [1.82, 2.24) is 9.80 Å². The Balaban J connectivity index is 1.87. The number of nitrogens with zero attached hydrogens (tertiary/aromatic N) is 3. The first-order valence-corrected chi connectivity index (χ1v) is 7.54. The van der Waals surface area contributed by atoms with Gasteiger partial charge in [0.2, 0.25) is 5.91 Å². The Morgan fingerprint density at radius 1 is 1.23 bits per heavy atom. The maximum absolute atomic E-state index is 12.1. The molecular formula is C16H21N3O3. The first kappa shape index (κ1) is 16.2. The van der Waals surface area contributed by atoms with Crippen LogP contribution in [0.1, 0.15) is 18.9 Å². The van der Waals surface area contributed by atoms with Gasteiger partial charge in [-0.15, -0.1) is 0 Å². The smallest absolute Gasteiger partial charge is 0.269 e. The Bertz CT molecular complexity index is 546. The normalized spacial score (nSPS) is 16.1. The van der Waals surface area contributed by atoms with Crippen LogP contribution in [0.15, 0.2) is 30.3 Å². The highest BCUT2D eigenvalue weighted by molar-refractivity contribution is 5.91. The Kier molecular flexibility index (Phi) is 5.66. The van der Waals surface area contributed by atoms with E-state index in [-0.39, 0.29) is 11.6 Å². The highest BCUT2D eigenvalue weighted by Crippen LogP contribution is 2.13. The van der Waals surface area contributed by atoms with E-state index in [0.29, 0.717) is 0 Å². The summed E-state index contributed by atoms with van der Waals surface area (Å²) in [4.78, 5) is 26.5. The van der Waals surface area contributed by atoms with Crippen molar-refractivity contribution in [1.29, 1.82) is 0 Å². The standard InChI is InChI=1S/C16H21N3O3/c1-2-9-17-10-12-18(13-11-17)16(20)8-5-14-3-6-15(7-4-14)19(21)22/h3-8H,2,9-13H2,1H3. The SMILES string of the molecule is CCCN1CCN(C(=O)C=Cc2ccc([N+](=O)[O-])cc2)CC1. The minimum absolute atomic E-state index is 0.00509. The third-order valence-electron chi connectivity index (χ3n) is 3.75. The summed E-state index contributed by atoms with van der Waals surface area (Å²) in [5.41, 5.74) is 0.832. The fourth-order valence-electron chi connectivity index (χ4n) is 2.49. The highest BCUT2D eigenvalue weighted by atomic mass is 16.6. The fourth-order valence-corrected chi connectivity index (χ4v) is 2.49. The van der Waals surface area contributed by atoms with Crippen LogP contribution < -0.4 is 0 Å². The number of nitro groups is 1. The van der Waals surface area contributed by atoms with Gasteiger partial charge in [0, 0.05) is 44.4 Å². The van der Waals surface area contributed by atoms with Crippen LogP contribution in [-0.4, -0.2) is 53.4 Å². The lowest BCUT2D eigenvalue weighted by atomic mass is 10.2. The second-order valence-electron chi connectivity index (χ2n) is 5.35. The molecule has 1 aromatic rings. The van der Waals surface area contributed by atoms with E-state index < -0.39 is 4.92 Å². The highest BCUT2D eigenvalue weighted by Gasteiger charge is 2.18. The number of carbonyl (C=O) groups excluding carboxylic acids is 1. The molecule has 1 aromatic carbocycles. The van der Waals surface area contributed by atoms with Gasteiger partial charge in [-0.1, -0.05) is 6.92 Å². The van der Waals surface area contributed by atoms with E-state index in [1.807, 2.05) is 4.90 Å². The van der Waals surface area contributed by atoms with Gasteiger partial charge in [0.05, 0.1) is 4.92 Å². The number of hydrogen-bond acceptors (Lipinski definition) is 4. The molecule has 22 heavy (non-hydrogen) atoms. The molecule has 1 amide bonds. The minimum Gasteiger partial charge on any atom is -0.337 e. The van der Waals surface area contributed by atoms with E-state index in [1.165, 1.54) is 18.2 Å². The Labute approximate surface area is 130 Å². The molecule has 0 aliphatic carbocycles. The molecule has 0 saturated carbocycles. The number of amides is 1. The Hall–Kier alpha value is -2.21. The summed E-state index contributed by atoms with van der Waals surface area (Å²) in [6.45, 7) is 6.59. The zero-order valence-corrected chi connectivity index (χ0v) is 12.8. The second-order valence-corrected chi connectivity index (χ2v) is 5.35. The summed E-state index contributed by atoms with van der Waals surface area (Å²) in [6, 6.07) is 6.16. The molecule has 1 aliphatic heterocycles. The summed E-state index contributed by atoms with van der Waals surface area (Å²) >= 11 is 0. The molecule has 6 nitrogen and oxygen atoms in total. The van der Waals surface area contributed by atoms with Gasteiger partial charge in [-0.25, -0.2) is 0 Å². The zero-order chi connectivity index (χ0) is 15.9. The van der Waals surface area contributed by atoms with Gasteiger partial charge in [0.25, 0.3) is 5.69 Å². The largest absolute Gasteiger partial charge is 0.337 e. The van der Waals surface area contributed by atoms with Crippen molar-refractivity contribution in [2.45, 2.75) is 13.3 Å². The van der Waals surface area contributed by atoms with E-state index >= 15 is 0 Å². The van der Waals surface area contributed by atoms with Crippen LogP contribution in [0, 0.1) is 10.1 Å². The summed E-state index contributed by atoms with van der Waals surface area (Å²) in [6.07, 6.45) is 4.37. The summed E-state index contributed by atoms with van der Waals surface area (Å²) in [5.74, 6) is -0.00509. The fraction of sp³-hybridized carbons (Fsp3) is 0.438. The van der Waals surface area contributed by atoms with Gasteiger partial charge in [0.15, 0.2) is 0 Å². The average Bonchev–Trinajstić information content (AvgIpc) is 2.54. The summed E-state index contributed by atoms with van der Waals surface area (Å²) in [5, 5.41) is 10.6. The number of piperazine rings is 1. The quantitative estimate of drug-likeness (QED) is 0.475. The van der Waals surface area contributed by atoms with Gasteiger partial charge >= 0.3 is 0 Å². The lowest BCUT2D eigenvalue weighted by molar-refractivity contribution is -0.384. The van der Waals surface area contributed by atoms with Crippen LogP contribution in [-0.2, 0) is 4.79 Å². The van der Waals surface area contributed by atoms with Crippen molar-refractivity contribution >= 4 is 17.7 Å². The molecule has 0 bridgehead atoms. The van der Waals surface area contributed by atoms with Crippen molar-refractivity contribution in [2.75, 3.05) is 32.7 Å². The molecule has 0 unspecified atom stereocenters. The van der Waals surface area contributed by atoms with E-state index in [4.69, 9.17) is 0 Å². The average molecular weight is 303 g/mol. The first-order valence-electron chi connectivity index (χ1n) is 7.54. The van der Waals surface area contributed by atoms with Crippen LogP contribution in [0.5, 0.6) is 0 Å². The monoisotopic (exact) mass is 303 g/mol. The number of rotatable bonds is 5. The van der Waals surface area contributed by atoms with Gasteiger partial charge in [-0.05, 0) is 36.7 Å². The Morgan fingerprint density at radius 3 is 2.41 bits per heavy atom. The first-order chi connectivity index (χ1) is 10.6. The molecule has 118 valence electrons. The molecule has 1 saturated heterocycles. The molecule has 6 heteroatoms. The van der Waals surface area contributed by atoms with Crippen molar-refractivity contribution in [2.24, 2.45) is 0 Å². The van der Waals surface area contributed by atoms with Crippen LogP contribution >= 0.6 is 0 Å². The van der Waals surface area contributed by atoms with Crippen molar-refractivity contribution < 1.29 is 9.72 Å². The Morgan fingerprint density at radius 2 is 1.86 bits per heavy atom. The molecule has 0 atom stereocenters. The predicted octanol–water partition coefficient (Wildman–Crippen LogP) is 2.16. The van der Waals surface area contributed by atoms with Crippen LogP contribution in [0.4, 0.5) is 5.69 Å². The molecule has 0 spiro atoms. The van der Waals surface area contributed by atoms with Gasteiger partial charge in [0.1, 0.15) is 0 Å². The van der Waals surface area contributed by atoms with Crippen molar-refractivity contribution in [3.8, 4) is 0 Å². The van der Waals surface area contributed by atoms with E-state index in [9.17, 15) is 14.9 Å².